The zero-order valence-electron chi connectivity index (χ0n) is 10.3. The van der Waals surface area contributed by atoms with Crippen LogP contribution in [0.2, 0.25) is 0 Å². The summed E-state index contributed by atoms with van der Waals surface area (Å²) in [7, 11) is 3.64. The van der Waals surface area contributed by atoms with Crippen molar-refractivity contribution in [3.8, 4) is 0 Å². The molecule has 0 aromatic carbocycles. The van der Waals surface area contributed by atoms with Gasteiger partial charge >= 0.3 is 6.03 Å². The lowest BCUT2D eigenvalue weighted by Crippen LogP contribution is -2.45. The Morgan fingerprint density at radius 3 is 2.62 bits per heavy atom. The molecule has 0 aromatic rings. The van der Waals surface area contributed by atoms with E-state index in [-0.39, 0.29) is 6.03 Å². The first kappa shape index (κ1) is 10.4. The van der Waals surface area contributed by atoms with Crippen LogP contribution in [-0.2, 0) is 0 Å². The lowest BCUT2D eigenvalue weighted by Gasteiger charge is -2.30. The fourth-order valence-electron chi connectivity index (χ4n) is 4.53. The SMILES string of the molecule is CN(C)C(=O)N[C@@H]1CC[C@H]2[C@H]3CC[C@H](C3)[C@H]21. The number of nitrogens with zero attached hydrogens (tertiary/aromatic N) is 1. The highest BCUT2D eigenvalue weighted by Crippen LogP contribution is 2.58. The number of hydrogen-bond donors (Lipinski definition) is 1. The molecule has 3 fully saturated rings. The summed E-state index contributed by atoms with van der Waals surface area (Å²) >= 11 is 0. The Morgan fingerprint density at radius 1 is 1.12 bits per heavy atom. The third-order valence-electron chi connectivity index (χ3n) is 5.15. The molecule has 90 valence electrons. The largest absolute Gasteiger partial charge is 0.335 e. The monoisotopic (exact) mass is 222 g/mol. The lowest BCUT2D eigenvalue weighted by molar-refractivity contribution is 0.194. The summed E-state index contributed by atoms with van der Waals surface area (Å²) in [5.41, 5.74) is 0. The van der Waals surface area contributed by atoms with Gasteiger partial charge in [0.25, 0.3) is 0 Å². The molecule has 0 heterocycles. The molecule has 3 saturated carbocycles. The van der Waals surface area contributed by atoms with Crippen molar-refractivity contribution in [3.63, 3.8) is 0 Å². The molecule has 0 spiro atoms. The fourth-order valence-corrected chi connectivity index (χ4v) is 4.53. The van der Waals surface area contributed by atoms with Crippen molar-refractivity contribution in [1.29, 1.82) is 0 Å². The first-order valence-corrected chi connectivity index (χ1v) is 6.64. The van der Waals surface area contributed by atoms with Crippen LogP contribution in [0.1, 0.15) is 32.1 Å². The van der Waals surface area contributed by atoms with Crippen molar-refractivity contribution in [2.45, 2.75) is 38.1 Å². The van der Waals surface area contributed by atoms with Gasteiger partial charge in [0.1, 0.15) is 0 Å². The Bertz CT molecular complexity index is 302. The molecule has 0 radical (unpaired) electrons. The molecule has 2 amide bonds. The van der Waals surface area contributed by atoms with Crippen LogP contribution < -0.4 is 5.32 Å². The minimum Gasteiger partial charge on any atom is -0.335 e. The van der Waals surface area contributed by atoms with Crippen LogP contribution in [-0.4, -0.2) is 31.1 Å². The van der Waals surface area contributed by atoms with Crippen LogP contribution in [0.15, 0.2) is 0 Å². The first-order valence-electron chi connectivity index (χ1n) is 6.64. The molecule has 3 rings (SSSR count). The maximum absolute atomic E-state index is 11.7. The summed E-state index contributed by atoms with van der Waals surface area (Å²) in [4.78, 5) is 13.4. The summed E-state index contributed by atoms with van der Waals surface area (Å²) < 4.78 is 0. The molecule has 3 heteroatoms. The smallest absolute Gasteiger partial charge is 0.317 e. The highest BCUT2D eigenvalue weighted by atomic mass is 16.2. The highest BCUT2D eigenvalue weighted by molar-refractivity contribution is 5.73. The van der Waals surface area contributed by atoms with E-state index < -0.39 is 0 Å². The van der Waals surface area contributed by atoms with Crippen molar-refractivity contribution >= 4 is 6.03 Å². The molecule has 2 bridgehead atoms. The van der Waals surface area contributed by atoms with E-state index >= 15 is 0 Å². The average molecular weight is 222 g/mol. The van der Waals surface area contributed by atoms with E-state index in [1.807, 2.05) is 14.1 Å². The maximum Gasteiger partial charge on any atom is 0.317 e. The van der Waals surface area contributed by atoms with Gasteiger partial charge in [0, 0.05) is 20.1 Å². The third-order valence-corrected chi connectivity index (χ3v) is 5.15. The molecule has 16 heavy (non-hydrogen) atoms. The van der Waals surface area contributed by atoms with Gasteiger partial charge in [-0.2, -0.15) is 0 Å². The van der Waals surface area contributed by atoms with Gasteiger partial charge in [0.05, 0.1) is 0 Å². The average Bonchev–Trinajstić information content (AvgIpc) is 2.88. The standard InChI is InChI=1S/C13H22N2O/c1-15(2)13(16)14-11-6-5-10-8-3-4-9(7-8)12(10)11/h8-12H,3-7H2,1-2H3,(H,14,16)/t8-,9+,10-,11+,12+/m0/s1. The Hall–Kier alpha value is -0.730. The van der Waals surface area contributed by atoms with Gasteiger partial charge in [-0.25, -0.2) is 4.79 Å². The molecule has 0 unspecified atom stereocenters. The maximum atomic E-state index is 11.7. The molecule has 3 aliphatic carbocycles. The highest BCUT2D eigenvalue weighted by Gasteiger charge is 2.53. The second-order valence-electron chi connectivity index (χ2n) is 6.10. The van der Waals surface area contributed by atoms with Crippen molar-refractivity contribution < 1.29 is 4.79 Å². The number of carbonyl (C=O) groups excluding carboxylic acids is 1. The van der Waals surface area contributed by atoms with E-state index in [2.05, 4.69) is 5.32 Å². The van der Waals surface area contributed by atoms with Crippen molar-refractivity contribution in [1.82, 2.24) is 10.2 Å². The molecule has 1 N–H and O–H groups in total. The molecule has 5 atom stereocenters. The Kier molecular flexibility index (Phi) is 2.37. The molecular weight excluding hydrogens is 200 g/mol. The quantitative estimate of drug-likeness (QED) is 0.724. The summed E-state index contributed by atoms with van der Waals surface area (Å²) in [6.07, 6.45) is 6.89. The van der Waals surface area contributed by atoms with E-state index in [1.165, 1.54) is 32.1 Å². The van der Waals surface area contributed by atoms with Crippen LogP contribution in [0.4, 0.5) is 4.79 Å². The minimum absolute atomic E-state index is 0.0911. The zero-order chi connectivity index (χ0) is 11.3. The fraction of sp³-hybridized carbons (Fsp3) is 0.923. The lowest BCUT2D eigenvalue weighted by atomic mass is 9.80. The summed E-state index contributed by atoms with van der Waals surface area (Å²) in [6.45, 7) is 0. The first-order chi connectivity index (χ1) is 7.66. The molecule has 0 aliphatic heterocycles. The molecule has 0 saturated heterocycles. The van der Waals surface area contributed by atoms with E-state index in [4.69, 9.17) is 0 Å². The van der Waals surface area contributed by atoms with Crippen LogP contribution in [0, 0.1) is 23.7 Å². The van der Waals surface area contributed by atoms with E-state index in [9.17, 15) is 4.79 Å². The minimum atomic E-state index is 0.0911. The summed E-state index contributed by atoms with van der Waals surface area (Å²) in [6, 6.07) is 0.559. The van der Waals surface area contributed by atoms with Crippen molar-refractivity contribution in [2.75, 3.05) is 14.1 Å². The van der Waals surface area contributed by atoms with Gasteiger partial charge in [-0.05, 0) is 55.8 Å². The van der Waals surface area contributed by atoms with Gasteiger partial charge in [-0.1, -0.05) is 0 Å². The number of rotatable bonds is 1. The van der Waals surface area contributed by atoms with Crippen molar-refractivity contribution in [3.05, 3.63) is 0 Å². The van der Waals surface area contributed by atoms with E-state index in [0.29, 0.717) is 6.04 Å². The Morgan fingerprint density at radius 2 is 1.88 bits per heavy atom. The molecule has 0 aromatic heterocycles. The Balaban J connectivity index is 1.68. The number of carbonyl (C=O) groups is 1. The van der Waals surface area contributed by atoms with Crippen LogP contribution >= 0.6 is 0 Å². The van der Waals surface area contributed by atoms with Crippen molar-refractivity contribution in [2.24, 2.45) is 23.7 Å². The Labute approximate surface area is 97.6 Å². The normalized spacial score (nSPS) is 44.5. The zero-order valence-corrected chi connectivity index (χ0v) is 10.3. The number of amides is 2. The predicted molar refractivity (Wildman–Crippen MR) is 63.1 cm³/mol. The van der Waals surface area contributed by atoms with Gasteiger partial charge in [-0.15, -0.1) is 0 Å². The van der Waals surface area contributed by atoms with Gasteiger partial charge in [-0.3, -0.25) is 0 Å². The van der Waals surface area contributed by atoms with Crippen LogP contribution in [0.25, 0.3) is 0 Å². The summed E-state index contributed by atoms with van der Waals surface area (Å²) in [5, 5.41) is 3.22. The summed E-state index contributed by atoms with van der Waals surface area (Å²) in [5.74, 6) is 3.66. The van der Waals surface area contributed by atoms with Gasteiger partial charge in [0.15, 0.2) is 0 Å². The number of nitrogens with one attached hydrogen (secondary N) is 1. The molecule has 3 nitrogen and oxygen atoms in total. The number of fused-ring (bicyclic) bond motifs is 5. The van der Waals surface area contributed by atoms with Crippen LogP contribution in [0.5, 0.6) is 0 Å². The van der Waals surface area contributed by atoms with Gasteiger partial charge in [0.2, 0.25) is 0 Å². The van der Waals surface area contributed by atoms with E-state index in [0.717, 1.165) is 23.7 Å². The number of hydrogen-bond acceptors (Lipinski definition) is 1. The predicted octanol–water partition coefficient (Wildman–Crippen LogP) is 2.08. The van der Waals surface area contributed by atoms with Crippen LogP contribution in [0.3, 0.4) is 0 Å². The molecular formula is C13H22N2O. The number of urea groups is 1. The third kappa shape index (κ3) is 1.44. The second-order valence-corrected chi connectivity index (χ2v) is 6.10. The second kappa shape index (κ2) is 3.64. The van der Waals surface area contributed by atoms with E-state index in [1.54, 1.807) is 4.90 Å². The molecule has 3 aliphatic rings. The topological polar surface area (TPSA) is 32.3 Å². The van der Waals surface area contributed by atoms with Gasteiger partial charge < -0.3 is 10.2 Å².